The lowest BCUT2D eigenvalue weighted by molar-refractivity contribution is -0.144. The van der Waals surface area contributed by atoms with Crippen molar-refractivity contribution in [3.8, 4) is 5.75 Å². The molecule has 1 N–H and O–H groups in total. The molecule has 0 saturated carbocycles. The van der Waals surface area contributed by atoms with Crippen LogP contribution in [-0.2, 0) is 14.3 Å². The van der Waals surface area contributed by atoms with Crippen LogP contribution in [-0.4, -0.2) is 25.6 Å². The fourth-order valence-electron chi connectivity index (χ4n) is 2.36. The van der Waals surface area contributed by atoms with Gasteiger partial charge in [0.25, 0.3) is 5.91 Å². The molecular weight excluding hydrogens is 356 g/mol. The first kappa shape index (κ1) is 20.1. The van der Waals surface area contributed by atoms with Gasteiger partial charge in [-0.3, -0.25) is 4.79 Å². The van der Waals surface area contributed by atoms with Crippen LogP contribution in [0.1, 0.15) is 24.1 Å². The van der Waals surface area contributed by atoms with Crippen molar-refractivity contribution in [2.45, 2.75) is 13.0 Å². The quantitative estimate of drug-likeness (QED) is 0.595. The van der Waals surface area contributed by atoms with Crippen LogP contribution in [0.25, 0.3) is 6.08 Å². The smallest absolute Gasteiger partial charge is 0.331 e. The molecule has 0 fully saturated rings. The van der Waals surface area contributed by atoms with E-state index in [1.165, 1.54) is 32.3 Å². The third-order valence-electron chi connectivity index (χ3n) is 3.69. The molecular formula is C20H19F2NO4. The number of carbonyl (C=O) groups excluding carboxylic acids is 2. The van der Waals surface area contributed by atoms with Gasteiger partial charge in [0, 0.05) is 23.3 Å². The van der Waals surface area contributed by atoms with E-state index in [4.69, 9.17) is 9.47 Å². The number of hydrogen-bond acceptors (Lipinski definition) is 4. The molecule has 5 nitrogen and oxygen atoms in total. The van der Waals surface area contributed by atoms with Crippen molar-refractivity contribution in [1.82, 2.24) is 5.32 Å². The van der Waals surface area contributed by atoms with Crippen LogP contribution in [0.5, 0.6) is 5.75 Å². The van der Waals surface area contributed by atoms with E-state index in [1.54, 1.807) is 24.3 Å². The normalized spacial score (nSPS) is 11.9. The predicted molar refractivity (Wildman–Crippen MR) is 95.9 cm³/mol. The molecule has 0 spiro atoms. The number of nitrogens with one attached hydrogen (secondary N) is 1. The van der Waals surface area contributed by atoms with E-state index < -0.39 is 36.2 Å². The molecule has 1 atom stereocenters. The number of halogens is 2. The van der Waals surface area contributed by atoms with Gasteiger partial charge in [-0.15, -0.1) is 0 Å². The van der Waals surface area contributed by atoms with Crippen LogP contribution in [0, 0.1) is 11.6 Å². The maximum absolute atomic E-state index is 13.7. The highest BCUT2D eigenvalue weighted by Gasteiger charge is 2.15. The highest BCUT2D eigenvalue weighted by Crippen LogP contribution is 2.19. The van der Waals surface area contributed by atoms with Gasteiger partial charge in [0.15, 0.2) is 6.61 Å². The number of amides is 1. The Morgan fingerprint density at radius 2 is 1.93 bits per heavy atom. The number of para-hydroxylation sites is 1. The van der Waals surface area contributed by atoms with Gasteiger partial charge >= 0.3 is 5.97 Å². The second-order valence-corrected chi connectivity index (χ2v) is 5.64. The minimum absolute atomic E-state index is 0.132. The van der Waals surface area contributed by atoms with Crippen molar-refractivity contribution in [1.29, 1.82) is 0 Å². The summed E-state index contributed by atoms with van der Waals surface area (Å²) in [6, 6.07) is 9.46. The summed E-state index contributed by atoms with van der Waals surface area (Å²) in [6.45, 7) is 1.01. The molecule has 0 aliphatic rings. The summed E-state index contributed by atoms with van der Waals surface area (Å²) >= 11 is 0. The third-order valence-corrected chi connectivity index (χ3v) is 3.69. The van der Waals surface area contributed by atoms with E-state index in [0.717, 1.165) is 12.1 Å². The van der Waals surface area contributed by atoms with E-state index in [9.17, 15) is 18.4 Å². The number of esters is 1. The van der Waals surface area contributed by atoms with E-state index >= 15 is 0 Å². The van der Waals surface area contributed by atoms with Crippen LogP contribution in [0.2, 0.25) is 0 Å². The molecule has 7 heteroatoms. The molecule has 0 saturated heterocycles. The average Bonchev–Trinajstić information content (AvgIpc) is 2.64. The van der Waals surface area contributed by atoms with Gasteiger partial charge in [-0.05, 0) is 25.1 Å². The lowest BCUT2D eigenvalue weighted by atomic mass is 10.1. The maximum Gasteiger partial charge on any atom is 0.331 e. The van der Waals surface area contributed by atoms with E-state index in [1.807, 2.05) is 0 Å². The van der Waals surface area contributed by atoms with Gasteiger partial charge in [0.1, 0.15) is 17.4 Å². The highest BCUT2D eigenvalue weighted by molar-refractivity contribution is 5.89. The molecule has 0 aliphatic heterocycles. The van der Waals surface area contributed by atoms with Gasteiger partial charge in [-0.1, -0.05) is 24.3 Å². The topological polar surface area (TPSA) is 64.6 Å². The Kier molecular flexibility index (Phi) is 7.05. The van der Waals surface area contributed by atoms with Gasteiger partial charge < -0.3 is 14.8 Å². The van der Waals surface area contributed by atoms with Crippen molar-refractivity contribution in [2.24, 2.45) is 0 Å². The maximum atomic E-state index is 13.7. The van der Waals surface area contributed by atoms with Crippen molar-refractivity contribution >= 4 is 18.0 Å². The Morgan fingerprint density at radius 3 is 2.63 bits per heavy atom. The summed E-state index contributed by atoms with van der Waals surface area (Å²) in [5.74, 6) is -2.19. The minimum atomic E-state index is -0.764. The SMILES string of the molecule is COc1ccccc1/C=C/C(=O)OCC(=O)N[C@H](C)c1ccc(F)cc1F. The molecule has 0 aromatic heterocycles. The van der Waals surface area contributed by atoms with Gasteiger partial charge in [-0.2, -0.15) is 0 Å². The molecule has 1 amide bonds. The zero-order valence-electron chi connectivity index (χ0n) is 14.9. The van der Waals surface area contributed by atoms with E-state index in [0.29, 0.717) is 11.3 Å². The van der Waals surface area contributed by atoms with Crippen molar-refractivity contribution in [3.05, 3.63) is 71.3 Å². The number of rotatable bonds is 7. The highest BCUT2D eigenvalue weighted by atomic mass is 19.1. The number of benzene rings is 2. The van der Waals surface area contributed by atoms with Gasteiger partial charge in [-0.25, -0.2) is 13.6 Å². The van der Waals surface area contributed by atoms with Crippen LogP contribution in [0.15, 0.2) is 48.5 Å². The first-order valence-electron chi connectivity index (χ1n) is 8.13. The zero-order chi connectivity index (χ0) is 19.8. The van der Waals surface area contributed by atoms with Crippen molar-refractivity contribution < 1.29 is 27.8 Å². The molecule has 0 unspecified atom stereocenters. The molecule has 0 heterocycles. The molecule has 2 aromatic rings. The fraction of sp³-hybridized carbons (Fsp3) is 0.200. The van der Waals surface area contributed by atoms with Crippen LogP contribution in [0.3, 0.4) is 0 Å². The van der Waals surface area contributed by atoms with E-state index in [2.05, 4.69) is 5.32 Å². The van der Waals surface area contributed by atoms with Crippen molar-refractivity contribution in [3.63, 3.8) is 0 Å². The molecule has 2 aromatic carbocycles. The average molecular weight is 375 g/mol. The number of carbonyl (C=O) groups is 2. The zero-order valence-corrected chi connectivity index (χ0v) is 14.9. The fourth-order valence-corrected chi connectivity index (χ4v) is 2.36. The molecule has 142 valence electrons. The minimum Gasteiger partial charge on any atom is -0.496 e. The monoisotopic (exact) mass is 375 g/mol. The number of ether oxygens (including phenoxy) is 2. The Hall–Kier alpha value is -3.22. The standard InChI is InChI=1S/C20H19F2NO4/c1-13(16-9-8-15(21)11-17(16)22)23-19(24)12-27-20(25)10-7-14-5-3-4-6-18(14)26-2/h3-11,13H,12H2,1-2H3,(H,23,24)/b10-7+/t13-/m1/s1. The third kappa shape index (κ3) is 5.91. The summed E-state index contributed by atoms with van der Waals surface area (Å²) < 4.78 is 36.6. The summed E-state index contributed by atoms with van der Waals surface area (Å²) in [5.41, 5.74) is 0.814. The number of hydrogen-bond donors (Lipinski definition) is 1. The predicted octanol–water partition coefficient (Wildman–Crippen LogP) is 3.41. The molecule has 0 radical (unpaired) electrons. The van der Waals surface area contributed by atoms with Crippen LogP contribution < -0.4 is 10.1 Å². The van der Waals surface area contributed by atoms with Crippen LogP contribution >= 0.6 is 0 Å². The molecule has 2 rings (SSSR count). The molecule has 27 heavy (non-hydrogen) atoms. The lowest BCUT2D eigenvalue weighted by Crippen LogP contribution is -2.31. The summed E-state index contributed by atoms with van der Waals surface area (Å²) in [6.07, 6.45) is 2.68. The van der Waals surface area contributed by atoms with Crippen molar-refractivity contribution in [2.75, 3.05) is 13.7 Å². The number of methoxy groups -OCH3 is 1. The summed E-state index contributed by atoms with van der Waals surface area (Å²) in [7, 11) is 1.51. The Morgan fingerprint density at radius 1 is 1.19 bits per heavy atom. The summed E-state index contributed by atoms with van der Waals surface area (Å²) in [4.78, 5) is 23.6. The second kappa shape index (κ2) is 9.47. The van der Waals surface area contributed by atoms with Gasteiger partial charge in [0.2, 0.25) is 0 Å². The summed E-state index contributed by atoms with van der Waals surface area (Å²) in [5, 5.41) is 2.48. The lowest BCUT2D eigenvalue weighted by Gasteiger charge is -2.15. The van der Waals surface area contributed by atoms with Gasteiger partial charge in [0.05, 0.1) is 13.2 Å². The first-order valence-corrected chi connectivity index (χ1v) is 8.13. The van der Waals surface area contributed by atoms with Crippen LogP contribution in [0.4, 0.5) is 8.78 Å². The molecule has 0 bridgehead atoms. The first-order chi connectivity index (χ1) is 12.9. The van der Waals surface area contributed by atoms with E-state index in [-0.39, 0.29) is 5.56 Å². The largest absolute Gasteiger partial charge is 0.496 e. The Balaban J connectivity index is 1.85. The second-order valence-electron chi connectivity index (χ2n) is 5.64. The Labute approximate surface area is 155 Å². The Bertz CT molecular complexity index is 852. The molecule has 0 aliphatic carbocycles.